The lowest BCUT2D eigenvalue weighted by Crippen LogP contribution is -2.21. The van der Waals surface area contributed by atoms with E-state index in [9.17, 15) is 13.2 Å². The van der Waals surface area contributed by atoms with Gasteiger partial charge in [0.05, 0.1) is 21.4 Å². The highest BCUT2D eigenvalue weighted by Gasteiger charge is 2.16. The molecule has 0 saturated carbocycles. The van der Waals surface area contributed by atoms with Crippen molar-refractivity contribution in [3.63, 3.8) is 0 Å². The maximum Gasteiger partial charge on any atom is 0.220 e. The predicted molar refractivity (Wildman–Crippen MR) is 66.6 cm³/mol. The third-order valence-corrected chi connectivity index (χ3v) is 4.25. The fourth-order valence-corrected chi connectivity index (χ4v) is 2.68. The molecule has 0 radical (unpaired) electrons. The van der Waals surface area contributed by atoms with Crippen molar-refractivity contribution >= 4 is 33.0 Å². The van der Waals surface area contributed by atoms with E-state index < -0.39 is 9.84 Å². The number of halogens is 1. The molecule has 0 saturated heterocycles. The van der Waals surface area contributed by atoms with Crippen LogP contribution in [0.3, 0.4) is 0 Å². The Morgan fingerprint density at radius 2 is 2.12 bits per heavy atom. The molecule has 0 fully saturated rings. The Balaban J connectivity index is 2.90. The number of carbonyl (C=O) groups excluding carboxylic acids is 1. The monoisotopic (exact) mass is 276 g/mol. The van der Waals surface area contributed by atoms with E-state index in [4.69, 9.17) is 17.3 Å². The highest BCUT2D eigenvalue weighted by Crippen LogP contribution is 2.23. The minimum Gasteiger partial charge on any atom is -0.398 e. The lowest BCUT2D eigenvalue weighted by Gasteiger charge is -2.05. The van der Waals surface area contributed by atoms with Crippen molar-refractivity contribution < 1.29 is 13.2 Å². The highest BCUT2D eigenvalue weighted by atomic mass is 35.5. The van der Waals surface area contributed by atoms with Gasteiger partial charge in [-0.25, -0.2) is 8.42 Å². The number of amides is 1. The summed E-state index contributed by atoms with van der Waals surface area (Å²) in [6, 6.07) is 4.09. The van der Waals surface area contributed by atoms with Crippen molar-refractivity contribution in [1.82, 2.24) is 5.32 Å². The zero-order valence-electron chi connectivity index (χ0n) is 9.23. The van der Waals surface area contributed by atoms with Gasteiger partial charge < -0.3 is 11.1 Å². The molecule has 0 spiro atoms. The molecule has 0 aromatic heterocycles. The number of carbonyl (C=O) groups is 1. The van der Waals surface area contributed by atoms with Crippen LogP contribution in [-0.2, 0) is 14.6 Å². The molecule has 7 heteroatoms. The summed E-state index contributed by atoms with van der Waals surface area (Å²) in [6.45, 7) is 0. The number of nitrogens with two attached hydrogens (primary N) is 1. The molecule has 1 aromatic carbocycles. The second kappa shape index (κ2) is 5.37. The molecule has 94 valence electrons. The van der Waals surface area contributed by atoms with E-state index in [1.54, 1.807) is 0 Å². The Morgan fingerprint density at radius 1 is 1.47 bits per heavy atom. The zero-order chi connectivity index (χ0) is 13.1. The van der Waals surface area contributed by atoms with Crippen LogP contribution >= 0.6 is 11.6 Å². The number of hydrogen-bond donors (Lipinski definition) is 2. The topological polar surface area (TPSA) is 89.3 Å². The van der Waals surface area contributed by atoms with Crippen LogP contribution in [0.1, 0.15) is 6.42 Å². The number of nitrogens with one attached hydrogen (secondary N) is 1. The lowest BCUT2D eigenvalue weighted by molar-refractivity contribution is -0.120. The number of nitrogen functional groups attached to an aromatic ring is 1. The second-order valence-corrected chi connectivity index (χ2v) is 5.94. The van der Waals surface area contributed by atoms with Gasteiger partial charge in [0.2, 0.25) is 5.91 Å². The number of anilines is 1. The first-order valence-electron chi connectivity index (χ1n) is 4.85. The summed E-state index contributed by atoms with van der Waals surface area (Å²) in [5.41, 5.74) is 5.80. The molecule has 17 heavy (non-hydrogen) atoms. The second-order valence-electron chi connectivity index (χ2n) is 3.43. The maximum absolute atomic E-state index is 11.8. The lowest BCUT2D eigenvalue weighted by atomic mass is 10.3. The zero-order valence-corrected chi connectivity index (χ0v) is 10.8. The number of benzene rings is 1. The average Bonchev–Trinajstić information content (AvgIpc) is 2.29. The van der Waals surface area contributed by atoms with Gasteiger partial charge in [-0.1, -0.05) is 11.6 Å². The predicted octanol–water partition coefficient (Wildman–Crippen LogP) is 0.832. The Hall–Kier alpha value is -1.27. The van der Waals surface area contributed by atoms with Gasteiger partial charge in [0, 0.05) is 13.5 Å². The standard InChI is InChI=1S/C10H13ClN2O3S/c1-13-10(14)4-5-17(15,16)7-2-3-9(12)8(11)6-7/h2-3,6H,4-5,12H2,1H3,(H,13,14). The summed E-state index contributed by atoms with van der Waals surface area (Å²) in [6.07, 6.45) is -0.0825. The minimum absolute atomic E-state index is 0.0700. The van der Waals surface area contributed by atoms with Crippen LogP contribution in [-0.4, -0.2) is 27.1 Å². The third-order valence-electron chi connectivity index (χ3n) is 2.21. The number of sulfone groups is 1. The molecule has 1 rings (SSSR count). The highest BCUT2D eigenvalue weighted by molar-refractivity contribution is 7.91. The van der Waals surface area contributed by atoms with Crippen molar-refractivity contribution in [3.8, 4) is 0 Å². The molecule has 0 aliphatic heterocycles. The largest absolute Gasteiger partial charge is 0.398 e. The van der Waals surface area contributed by atoms with Crippen molar-refractivity contribution in [3.05, 3.63) is 23.2 Å². The first-order valence-corrected chi connectivity index (χ1v) is 6.88. The summed E-state index contributed by atoms with van der Waals surface area (Å²) in [5, 5.41) is 2.55. The van der Waals surface area contributed by atoms with Crippen molar-refractivity contribution in [2.75, 3.05) is 18.5 Å². The van der Waals surface area contributed by atoms with Crippen LogP contribution in [0.15, 0.2) is 23.1 Å². The normalized spacial score (nSPS) is 11.2. The molecule has 5 nitrogen and oxygen atoms in total. The summed E-state index contributed by atoms with van der Waals surface area (Å²) in [4.78, 5) is 11.1. The summed E-state index contributed by atoms with van der Waals surface area (Å²) in [5.74, 6) is -0.581. The van der Waals surface area contributed by atoms with Gasteiger partial charge in [0.25, 0.3) is 0 Å². The first kappa shape index (κ1) is 13.8. The molecular formula is C10H13ClN2O3S. The molecule has 0 aliphatic rings. The van der Waals surface area contributed by atoms with E-state index in [2.05, 4.69) is 5.32 Å². The number of rotatable bonds is 4. The molecule has 0 unspecified atom stereocenters. The van der Waals surface area contributed by atoms with Crippen molar-refractivity contribution in [1.29, 1.82) is 0 Å². The van der Waals surface area contributed by atoms with Gasteiger partial charge in [-0.3, -0.25) is 4.79 Å². The summed E-state index contributed by atoms with van der Waals surface area (Å²) in [7, 11) is -2.05. The Bertz CT molecular complexity index is 528. The SMILES string of the molecule is CNC(=O)CCS(=O)(=O)c1ccc(N)c(Cl)c1. The first-order chi connectivity index (χ1) is 7.86. The summed E-state index contributed by atoms with van der Waals surface area (Å²) >= 11 is 5.74. The molecule has 0 aliphatic carbocycles. The third kappa shape index (κ3) is 3.61. The van der Waals surface area contributed by atoms with E-state index in [1.165, 1.54) is 25.2 Å². The Morgan fingerprint density at radius 3 is 2.65 bits per heavy atom. The quantitative estimate of drug-likeness (QED) is 0.797. The average molecular weight is 277 g/mol. The Labute approximate surface area is 105 Å². The van der Waals surface area contributed by atoms with E-state index in [1.807, 2.05) is 0 Å². The van der Waals surface area contributed by atoms with Crippen molar-refractivity contribution in [2.24, 2.45) is 0 Å². The van der Waals surface area contributed by atoms with E-state index in [-0.39, 0.29) is 28.0 Å². The molecule has 0 atom stereocenters. The van der Waals surface area contributed by atoms with Gasteiger partial charge in [0.1, 0.15) is 0 Å². The van der Waals surface area contributed by atoms with E-state index in [0.717, 1.165) is 0 Å². The smallest absolute Gasteiger partial charge is 0.220 e. The van der Waals surface area contributed by atoms with Gasteiger partial charge in [0.15, 0.2) is 9.84 Å². The molecule has 3 N–H and O–H groups in total. The molecule has 1 amide bonds. The fraction of sp³-hybridized carbons (Fsp3) is 0.300. The van der Waals surface area contributed by atoms with Crippen LogP contribution in [0.4, 0.5) is 5.69 Å². The van der Waals surface area contributed by atoms with Crippen LogP contribution in [0, 0.1) is 0 Å². The summed E-state index contributed by atoms with van der Waals surface area (Å²) < 4.78 is 23.7. The molecule has 0 heterocycles. The van der Waals surface area contributed by atoms with Gasteiger partial charge in [-0.05, 0) is 18.2 Å². The molecule has 0 bridgehead atoms. The van der Waals surface area contributed by atoms with Crippen LogP contribution < -0.4 is 11.1 Å². The van der Waals surface area contributed by atoms with Gasteiger partial charge in [-0.15, -0.1) is 0 Å². The van der Waals surface area contributed by atoms with E-state index in [0.29, 0.717) is 5.69 Å². The van der Waals surface area contributed by atoms with E-state index >= 15 is 0 Å². The van der Waals surface area contributed by atoms with Crippen LogP contribution in [0.25, 0.3) is 0 Å². The molecular weight excluding hydrogens is 264 g/mol. The minimum atomic E-state index is -3.51. The van der Waals surface area contributed by atoms with Gasteiger partial charge >= 0.3 is 0 Å². The number of hydrogen-bond acceptors (Lipinski definition) is 4. The van der Waals surface area contributed by atoms with Crippen LogP contribution in [0.5, 0.6) is 0 Å². The van der Waals surface area contributed by atoms with Gasteiger partial charge in [-0.2, -0.15) is 0 Å². The molecule has 1 aromatic rings. The van der Waals surface area contributed by atoms with Crippen LogP contribution in [0.2, 0.25) is 5.02 Å². The maximum atomic E-state index is 11.8. The fourth-order valence-electron chi connectivity index (χ4n) is 1.17. The van der Waals surface area contributed by atoms with Crippen molar-refractivity contribution in [2.45, 2.75) is 11.3 Å². The Kier molecular flexibility index (Phi) is 4.36.